The number of aromatic nitrogens is 2. The fraction of sp³-hybridized carbons (Fsp3) is 0.409. The number of nitrogens with zero attached hydrogens (tertiary/aromatic N) is 3. The van der Waals surface area contributed by atoms with E-state index in [0.29, 0.717) is 29.7 Å². The lowest BCUT2D eigenvalue weighted by atomic mass is 10.0. The quantitative estimate of drug-likeness (QED) is 0.597. The first-order valence-corrected chi connectivity index (χ1v) is 10.2. The van der Waals surface area contributed by atoms with E-state index in [9.17, 15) is 19.2 Å². The van der Waals surface area contributed by atoms with E-state index in [2.05, 4.69) is 10.2 Å². The average molecular weight is 424 g/mol. The highest BCUT2D eigenvalue weighted by atomic mass is 16.5. The fourth-order valence-electron chi connectivity index (χ4n) is 4.00. The third-order valence-electron chi connectivity index (χ3n) is 5.49. The van der Waals surface area contributed by atoms with Crippen LogP contribution in [0.2, 0.25) is 0 Å². The van der Waals surface area contributed by atoms with Crippen LogP contribution in [0.4, 0.5) is 0 Å². The van der Waals surface area contributed by atoms with Gasteiger partial charge in [-0.15, -0.1) is 0 Å². The maximum Gasteiger partial charge on any atom is 0.359 e. The van der Waals surface area contributed by atoms with E-state index in [-0.39, 0.29) is 36.2 Å². The molecule has 0 saturated heterocycles. The van der Waals surface area contributed by atoms with E-state index in [4.69, 9.17) is 4.74 Å². The lowest BCUT2D eigenvalue weighted by Gasteiger charge is -2.29. The zero-order chi connectivity index (χ0) is 22.5. The van der Waals surface area contributed by atoms with Crippen molar-refractivity contribution in [3.8, 4) is 0 Å². The molecule has 4 rings (SSSR count). The second-order valence-corrected chi connectivity index (χ2v) is 8.60. The van der Waals surface area contributed by atoms with Gasteiger partial charge in [0.1, 0.15) is 0 Å². The van der Waals surface area contributed by atoms with Gasteiger partial charge in [-0.2, -0.15) is 5.10 Å². The topological polar surface area (TPSA) is 113 Å². The maximum absolute atomic E-state index is 13.2. The van der Waals surface area contributed by atoms with Gasteiger partial charge in [0.05, 0.1) is 24.3 Å². The Morgan fingerprint density at radius 1 is 1.16 bits per heavy atom. The fourth-order valence-corrected chi connectivity index (χ4v) is 4.00. The molecule has 9 heteroatoms. The number of aromatic amines is 1. The molecule has 1 N–H and O–H groups in total. The molecule has 0 unspecified atom stereocenters. The van der Waals surface area contributed by atoms with Crippen molar-refractivity contribution in [1.82, 2.24) is 20.0 Å². The summed E-state index contributed by atoms with van der Waals surface area (Å²) in [5.41, 5.74) is 1.83. The van der Waals surface area contributed by atoms with Crippen molar-refractivity contribution in [2.45, 2.75) is 46.2 Å². The minimum absolute atomic E-state index is 0.185. The molecule has 0 atom stereocenters. The molecule has 2 aromatic rings. The summed E-state index contributed by atoms with van der Waals surface area (Å²) in [6.45, 7) is 7.96. The summed E-state index contributed by atoms with van der Waals surface area (Å²) in [6, 6.07) is 4.59. The molecule has 1 aromatic heterocycles. The Morgan fingerprint density at radius 2 is 1.87 bits per heavy atom. The molecule has 0 spiro atoms. The van der Waals surface area contributed by atoms with Crippen molar-refractivity contribution >= 4 is 23.7 Å². The third-order valence-corrected chi connectivity index (χ3v) is 5.49. The third kappa shape index (κ3) is 3.39. The van der Waals surface area contributed by atoms with E-state index in [1.807, 2.05) is 0 Å². The molecule has 3 heterocycles. The highest BCUT2D eigenvalue weighted by molar-refractivity contribution is 6.22. The lowest BCUT2D eigenvalue weighted by molar-refractivity contribution is 0.0498. The van der Waals surface area contributed by atoms with Gasteiger partial charge in [0, 0.05) is 35.3 Å². The Bertz CT molecular complexity index is 1110. The smallest absolute Gasteiger partial charge is 0.359 e. The zero-order valence-electron chi connectivity index (χ0n) is 17.9. The number of hydrogen-bond donors (Lipinski definition) is 1. The van der Waals surface area contributed by atoms with Crippen molar-refractivity contribution < 1.29 is 23.9 Å². The van der Waals surface area contributed by atoms with Crippen molar-refractivity contribution in [3.05, 3.63) is 51.8 Å². The van der Waals surface area contributed by atoms with Crippen LogP contribution in [0.25, 0.3) is 0 Å². The Morgan fingerprint density at radius 3 is 2.55 bits per heavy atom. The summed E-state index contributed by atoms with van der Waals surface area (Å²) in [5.74, 6) is -1.56. The monoisotopic (exact) mass is 424 g/mol. The number of amides is 3. The number of carbonyl (C=O) groups is 4. The van der Waals surface area contributed by atoms with E-state index in [1.165, 1.54) is 17.0 Å². The van der Waals surface area contributed by atoms with Crippen molar-refractivity contribution in [2.75, 3.05) is 13.2 Å². The summed E-state index contributed by atoms with van der Waals surface area (Å²) in [4.78, 5) is 53.6. The van der Waals surface area contributed by atoms with E-state index in [0.717, 1.165) is 5.69 Å². The number of benzene rings is 1. The van der Waals surface area contributed by atoms with E-state index < -0.39 is 17.4 Å². The van der Waals surface area contributed by atoms with Crippen LogP contribution in [0.1, 0.15) is 80.5 Å². The largest absolute Gasteiger partial charge is 0.461 e. The molecule has 2 aliphatic heterocycles. The minimum atomic E-state index is -0.661. The average Bonchev–Trinajstić information content (AvgIpc) is 3.25. The first-order chi connectivity index (χ1) is 14.6. The van der Waals surface area contributed by atoms with Crippen LogP contribution in [-0.2, 0) is 17.7 Å². The van der Waals surface area contributed by atoms with Gasteiger partial charge >= 0.3 is 5.97 Å². The Labute approximate surface area is 179 Å². The normalized spacial score (nSPS) is 15.7. The van der Waals surface area contributed by atoms with Crippen LogP contribution in [0, 0.1) is 0 Å². The number of H-pyrrole nitrogens is 1. The van der Waals surface area contributed by atoms with Gasteiger partial charge in [0.15, 0.2) is 5.69 Å². The molecule has 2 aliphatic rings. The number of ether oxygens (including phenoxy) is 1. The molecule has 162 valence electrons. The lowest BCUT2D eigenvalue weighted by Crippen LogP contribution is -2.45. The second-order valence-electron chi connectivity index (χ2n) is 8.60. The first kappa shape index (κ1) is 20.8. The highest BCUT2D eigenvalue weighted by Gasteiger charge is 2.42. The number of hydrogen-bond acceptors (Lipinski definition) is 6. The first-order valence-electron chi connectivity index (χ1n) is 10.2. The van der Waals surface area contributed by atoms with E-state index in [1.54, 1.807) is 38.7 Å². The van der Waals surface area contributed by atoms with Gasteiger partial charge < -0.3 is 9.64 Å². The van der Waals surface area contributed by atoms with E-state index >= 15 is 0 Å². The SMILES string of the molecule is CCOC(=O)c1n[nH]c2c1CN(C(=O)c1ccc3c(c1)C(=O)N(C(C)(C)C)C3=O)CC2. The molecule has 1 aromatic carbocycles. The van der Waals surface area contributed by atoms with Crippen LogP contribution >= 0.6 is 0 Å². The van der Waals surface area contributed by atoms with Crippen molar-refractivity contribution in [1.29, 1.82) is 0 Å². The van der Waals surface area contributed by atoms with Crippen LogP contribution in [0.3, 0.4) is 0 Å². The molecule has 0 saturated carbocycles. The number of esters is 1. The van der Waals surface area contributed by atoms with Gasteiger partial charge in [0.25, 0.3) is 17.7 Å². The van der Waals surface area contributed by atoms with Crippen molar-refractivity contribution in [2.24, 2.45) is 0 Å². The molecule has 3 amide bonds. The van der Waals surface area contributed by atoms with Gasteiger partial charge in [-0.3, -0.25) is 24.4 Å². The molecule has 31 heavy (non-hydrogen) atoms. The zero-order valence-corrected chi connectivity index (χ0v) is 17.9. The van der Waals surface area contributed by atoms with Crippen LogP contribution < -0.4 is 0 Å². The summed E-state index contributed by atoms with van der Waals surface area (Å²) in [5, 5.41) is 6.91. The molecule has 0 radical (unpaired) electrons. The molecule has 0 bridgehead atoms. The molecular weight excluding hydrogens is 400 g/mol. The summed E-state index contributed by atoms with van der Waals surface area (Å²) < 4.78 is 5.04. The number of nitrogens with one attached hydrogen (secondary N) is 1. The summed E-state index contributed by atoms with van der Waals surface area (Å²) in [6.07, 6.45) is 0.521. The maximum atomic E-state index is 13.2. The highest BCUT2D eigenvalue weighted by Crippen LogP contribution is 2.30. The Kier molecular flexibility index (Phi) is 4.91. The summed E-state index contributed by atoms with van der Waals surface area (Å²) in [7, 11) is 0. The standard InChI is InChI=1S/C22H24N4O5/c1-5-31-21(30)17-15-11-25(9-8-16(15)23-24-17)18(27)12-6-7-13-14(10-12)20(29)26(19(13)28)22(2,3)4/h6-7,10H,5,8-9,11H2,1-4H3,(H,23,24). The second kappa shape index (κ2) is 7.33. The number of imide groups is 1. The summed E-state index contributed by atoms with van der Waals surface area (Å²) >= 11 is 0. The Balaban J connectivity index is 1.60. The van der Waals surface area contributed by atoms with Crippen LogP contribution in [-0.4, -0.2) is 62.4 Å². The number of carbonyl (C=O) groups excluding carboxylic acids is 4. The van der Waals surface area contributed by atoms with Gasteiger partial charge in [-0.25, -0.2) is 4.79 Å². The van der Waals surface area contributed by atoms with Gasteiger partial charge in [-0.05, 0) is 45.9 Å². The van der Waals surface area contributed by atoms with Gasteiger partial charge in [0.2, 0.25) is 0 Å². The Hall–Kier alpha value is -3.49. The van der Waals surface area contributed by atoms with Crippen molar-refractivity contribution in [3.63, 3.8) is 0 Å². The molecule has 0 aliphatic carbocycles. The molecular formula is C22H24N4O5. The molecule has 0 fully saturated rings. The van der Waals surface area contributed by atoms with Crippen LogP contribution in [0.5, 0.6) is 0 Å². The molecule has 9 nitrogen and oxygen atoms in total. The predicted octanol–water partition coefficient (Wildman–Crippen LogP) is 2.18. The van der Waals surface area contributed by atoms with Crippen LogP contribution in [0.15, 0.2) is 18.2 Å². The number of rotatable bonds is 3. The number of fused-ring (bicyclic) bond motifs is 2. The van der Waals surface area contributed by atoms with Gasteiger partial charge in [-0.1, -0.05) is 0 Å². The minimum Gasteiger partial charge on any atom is -0.461 e. The predicted molar refractivity (Wildman–Crippen MR) is 110 cm³/mol.